The maximum absolute atomic E-state index is 4.36. The van der Waals surface area contributed by atoms with Gasteiger partial charge < -0.3 is 0 Å². The van der Waals surface area contributed by atoms with Crippen molar-refractivity contribution < 1.29 is 0 Å². The Morgan fingerprint density at radius 3 is 1.70 bits per heavy atom. The van der Waals surface area contributed by atoms with Crippen LogP contribution in [0.15, 0.2) is 0 Å². The molecule has 0 saturated carbocycles. The molecule has 0 spiro atoms. The van der Waals surface area contributed by atoms with Crippen LogP contribution in [0.4, 0.5) is 0 Å². The first-order chi connectivity index (χ1) is 4.54. The van der Waals surface area contributed by atoms with E-state index < -0.39 is 6.89 Å². The van der Waals surface area contributed by atoms with Gasteiger partial charge in [-0.3, -0.25) is 0 Å². The molecule has 0 unspecified atom stereocenters. The fourth-order valence-electron chi connectivity index (χ4n) is 1.26. The minimum Gasteiger partial charge on any atom is -0.112 e. The average molecular weight is 160 g/mol. The summed E-state index contributed by atoms with van der Waals surface area (Å²) in [5, 5.41) is 0. The van der Waals surface area contributed by atoms with Crippen LogP contribution in [0.2, 0.25) is 0 Å². The molecule has 0 rings (SSSR count). The molecule has 0 fully saturated rings. The molecule has 0 aliphatic rings. The zero-order valence-electron chi connectivity index (χ0n) is 7.85. The molecule has 0 heterocycles. The van der Waals surface area contributed by atoms with Crippen molar-refractivity contribution in [2.24, 2.45) is 5.92 Å². The number of hydrogen-bond acceptors (Lipinski definition) is 0. The van der Waals surface area contributed by atoms with Gasteiger partial charge in [-0.1, -0.05) is 27.7 Å². The molecule has 0 saturated heterocycles. The minimum absolute atomic E-state index is 0.737. The molecule has 0 aromatic rings. The van der Waals surface area contributed by atoms with E-state index in [2.05, 4.69) is 34.0 Å². The molecule has 0 aliphatic heterocycles. The van der Waals surface area contributed by atoms with E-state index in [-0.39, 0.29) is 0 Å². The third kappa shape index (κ3) is 3.46. The number of rotatable bonds is 4. The summed E-state index contributed by atoms with van der Waals surface area (Å²) in [6.07, 6.45) is 8.38. The summed E-state index contributed by atoms with van der Waals surface area (Å²) in [5.74, 6) is 0.839. The molecular weight excluding hydrogens is 139 g/mol. The van der Waals surface area contributed by atoms with Gasteiger partial charge in [0.25, 0.3) is 0 Å². The van der Waals surface area contributed by atoms with Gasteiger partial charge in [0.15, 0.2) is 0 Å². The Balaban J connectivity index is 3.94. The third-order valence-corrected chi connectivity index (χ3v) is 6.28. The lowest BCUT2D eigenvalue weighted by Crippen LogP contribution is -2.02. The van der Waals surface area contributed by atoms with Gasteiger partial charge in [-0.25, -0.2) is 0 Å². The Kier molecular flexibility index (Phi) is 4.36. The van der Waals surface area contributed by atoms with Crippen molar-refractivity contribution in [2.45, 2.75) is 27.7 Å². The summed E-state index contributed by atoms with van der Waals surface area (Å²) < 4.78 is 0. The van der Waals surface area contributed by atoms with E-state index in [1.54, 1.807) is 0 Å². The van der Waals surface area contributed by atoms with Gasteiger partial charge in [-0.15, -0.1) is 13.2 Å². The highest BCUT2D eigenvalue weighted by Gasteiger charge is 2.10. The monoisotopic (exact) mass is 160 g/mol. The van der Waals surface area contributed by atoms with Crippen LogP contribution in [0.5, 0.6) is 0 Å². The SMILES string of the molecule is C=P(CC)(CC)CC(C)C. The van der Waals surface area contributed by atoms with Gasteiger partial charge in [0.05, 0.1) is 0 Å². The highest BCUT2D eigenvalue weighted by molar-refractivity contribution is 7.73. The van der Waals surface area contributed by atoms with Crippen molar-refractivity contribution in [1.82, 2.24) is 0 Å². The molecular formula is C9H21P. The average Bonchev–Trinajstić information content (AvgIpc) is 1.87. The first-order valence-electron chi connectivity index (χ1n) is 4.24. The van der Waals surface area contributed by atoms with Gasteiger partial charge in [0.2, 0.25) is 0 Å². The highest BCUT2D eigenvalue weighted by atomic mass is 31.2. The molecule has 0 atom stereocenters. The van der Waals surface area contributed by atoms with Gasteiger partial charge >= 0.3 is 0 Å². The topological polar surface area (TPSA) is 0 Å². The zero-order chi connectivity index (χ0) is 8.20. The molecule has 10 heavy (non-hydrogen) atoms. The largest absolute Gasteiger partial charge is 0.112 e. The Morgan fingerprint density at radius 1 is 1.20 bits per heavy atom. The van der Waals surface area contributed by atoms with Crippen molar-refractivity contribution in [3.63, 3.8) is 0 Å². The molecule has 0 aromatic heterocycles. The smallest absolute Gasteiger partial charge is 0.0309 e. The van der Waals surface area contributed by atoms with Gasteiger partial charge in [-0.05, 0) is 24.4 Å². The lowest BCUT2D eigenvalue weighted by atomic mass is 10.3. The van der Waals surface area contributed by atoms with Gasteiger partial charge in [0, 0.05) is 0 Å². The second-order valence-electron chi connectivity index (χ2n) is 3.55. The molecule has 0 nitrogen and oxygen atoms in total. The second kappa shape index (κ2) is 4.23. The summed E-state index contributed by atoms with van der Waals surface area (Å²) in [5.41, 5.74) is 0. The molecule has 0 N–H and O–H groups in total. The van der Waals surface area contributed by atoms with Gasteiger partial charge in [0.1, 0.15) is 0 Å². The first-order valence-corrected chi connectivity index (χ1v) is 6.77. The van der Waals surface area contributed by atoms with E-state index in [4.69, 9.17) is 0 Å². The fraction of sp³-hybridized carbons (Fsp3) is 0.889. The molecule has 0 aliphatic carbocycles. The van der Waals surface area contributed by atoms with Crippen LogP contribution >= 0.6 is 6.89 Å². The summed E-state index contributed by atoms with van der Waals surface area (Å²) in [6, 6.07) is 0. The lowest BCUT2D eigenvalue weighted by molar-refractivity contribution is 0.742. The Labute approximate surface area is 66.0 Å². The van der Waals surface area contributed by atoms with E-state index in [0.29, 0.717) is 0 Å². The maximum atomic E-state index is 4.36. The molecule has 0 radical (unpaired) electrons. The van der Waals surface area contributed by atoms with Crippen LogP contribution in [0, 0.1) is 5.92 Å². The van der Waals surface area contributed by atoms with Crippen LogP contribution in [-0.4, -0.2) is 24.8 Å². The summed E-state index contributed by atoms with van der Waals surface area (Å²) in [6.45, 7) is 8.43. The normalized spacial score (nSPS) is 12.5. The highest BCUT2D eigenvalue weighted by Crippen LogP contribution is 2.45. The van der Waals surface area contributed by atoms with E-state index in [1.165, 1.54) is 18.5 Å². The van der Waals surface area contributed by atoms with Crippen LogP contribution in [0.1, 0.15) is 27.7 Å². The Bertz CT molecular complexity index is 117. The van der Waals surface area contributed by atoms with Gasteiger partial charge in [-0.2, -0.15) is 0 Å². The van der Waals surface area contributed by atoms with Crippen molar-refractivity contribution in [3.05, 3.63) is 0 Å². The van der Waals surface area contributed by atoms with E-state index >= 15 is 0 Å². The van der Waals surface area contributed by atoms with Crippen molar-refractivity contribution >= 4 is 13.2 Å². The lowest BCUT2D eigenvalue weighted by Gasteiger charge is -2.22. The third-order valence-electron chi connectivity index (χ3n) is 2.09. The predicted molar refractivity (Wildman–Crippen MR) is 54.8 cm³/mol. The van der Waals surface area contributed by atoms with E-state index in [0.717, 1.165) is 5.92 Å². The zero-order valence-corrected chi connectivity index (χ0v) is 8.75. The Morgan fingerprint density at radius 2 is 1.60 bits per heavy atom. The van der Waals surface area contributed by atoms with Crippen molar-refractivity contribution in [2.75, 3.05) is 18.5 Å². The second-order valence-corrected chi connectivity index (χ2v) is 7.86. The van der Waals surface area contributed by atoms with E-state index in [1.807, 2.05) is 0 Å². The summed E-state index contributed by atoms with van der Waals surface area (Å²) in [4.78, 5) is 0. The predicted octanol–water partition coefficient (Wildman–Crippen LogP) is 3.13. The fourth-order valence-corrected chi connectivity index (χ4v) is 3.77. The van der Waals surface area contributed by atoms with Crippen molar-refractivity contribution in [1.29, 1.82) is 0 Å². The first kappa shape index (κ1) is 10.3. The summed E-state index contributed by atoms with van der Waals surface area (Å²) in [7, 11) is 0. The molecule has 0 amide bonds. The quantitative estimate of drug-likeness (QED) is 0.554. The van der Waals surface area contributed by atoms with Crippen LogP contribution in [-0.2, 0) is 0 Å². The molecule has 0 aromatic carbocycles. The van der Waals surface area contributed by atoms with Crippen LogP contribution in [0.3, 0.4) is 0 Å². The molecule has 1 heteroatoms. The van der Waals surface area contributed by atoms with Crippen LogP contribution in [0.25, 0.3) is 0 Å². The van der Waals surface area contributed by atoms with E-state index in [9.17, 15) is 0 Å². The Hall–Kier alpha value is 0.300. The summed E-state index contributed by atoms with van der Waals surface area (Å²) >= 11 is 0. The van der Waals surface area contributed by atoms with Crippen molar-refractivity contribution in [3.8, 4) is 0 Å². The van der Waals surface area contributed by atoms with Crippen LogP contribution < -0.4 is 0 Å². The molecule has 62 valence electrons. The maximum Gasteiger partial charge on any atom is -0.0309 e. The molecule has 0 bridgehead atoms. The minimum atomic E-state index is -0.737. The standard InChI is InChI=1S/C9H21P/c1-6-10(5,7-2)8-9(3)4/h9H,5-8H2,1-4H3. The number of hydrogen-bond donors (Lipinski definition) is 0.